The first-order valence-corrected chi connectivity index (χ1v) is 6.76. The Morgan fingerprint density at radius 2 is 1.89 bits per heavy atom. The van der Waals surface area contributed by atoms with Crippen molar-refractivity contribution in [1.82, 2.24) is 5.32 Å². The van der Waals surface area contributed by atoms with Crippen LogP contribution in [0.25, 0.3) is 0 Å². The fourth-order valence-electron chi connectivity index (χ4n) is 4.45. The highest BCUT2D eigenvalue weighted by Gasteiger charge is 2.61. The highest BCUT2D eigenvalue weighted by Crippen LogP contribution is 2.65. The van der Waals surface area contributed by atoms with Gasteiger partial charge in [-0.3, -0.25) is 14.9 Å². The number of hydrogen-bond donors (Lipinski definition) is 1. The minimum atomic E-state index is -0.259. The van der Waals surface area contributed by atoms with E-state index in [1.807, 2.05) is 18.2 Å². The summed E-state index contributed by atoms with van der Waals surface area (Å²) in [5, 5.41) is 2.44. The molecule has 2 amide bonds. The van der Waals surface area contributed by atoms with Gasteiger partial charge in [0.05, 0.1) is 0 Å². The monoisotopic (exact) mass is 253 g/mol. The first kappa shape index (κ1) is 11.0. The van der Waals surface area contributed by atoms with Gasteiger partial charge in [0, 0.05) is 16.6 Å². The summed E-state index contributed by atoms with van der Waals surface area (Å²) in [6.45, 7) is 4.43. The summed E-state index contributed by atoms with van der Waals surface area (Å²) in [6.07, 6.45) is 10.0. The summed E-state index contributed by atoms with van der Waals surface area (Å²) in [5.74, 6) is 0.841. The molecule has 1 aliphatic heterocycles. The third-order valence-corrected chi connectivity index (χ3v) is 5.47. The van der Waals surface area contributed by atoms with Crippen molar-refractivity contribution in [3.8, 4) is 0 Å². The molecule has 5 aliphatic rings. The van der Waals surface area contributed by atoms with Crippen LogP contribution in [-0.2, 0) is 9.59 Å². The lowest BCUT2D eigenvalue weighted by atomic mass is 9.44. The zero-order chi connectivity index (χ0) is 13.4. The second-order valence-corrected chi connectivity index (χ2v) is 5.96. The minimum Gasteiger partial charge on any atom is -0.288 e. The van der Waals surface area contributed by atoms with Gasteiger partial charge in [-0.2, -0.15) is 0 Å². The van der Waals surface area contributed by atoms with Crippen molar-refractivity contribution in [1.29, 1.82) is 0 Å². The molecule has 1 fully saturated rings. The molecule has 4 aliphatic carbocycles. The molecule has 1 heterocycles. The molecule has 3 heteroatoms. The summed E-state index contributed by atoms with van der Waals surface area (Å²) in [6, 6.07) is 0. The normalized spacial score (nSPS) is 42.2. The molecule has 2 unspecified atom stereocenters. The second kappa shape index (κ2) is 3.16. The highest BCUT2D eigenvalue weighted by atomic mass is 16.2. The van der Waals surface area contributed by atoms with Crippen LogP contribution in [0.4, 0.5) is 0 Å². The molecule has 1 N–H and O–H groups in total. The van der Waals surface area contributed by atoms with Crippen LogP contribution in [0.5, 0.6) is 0 Å². The summed E-state index contributed by atoms with van der Waals surface area (Å²) in [7, 11) is 0. The average molecular weight is 253 g/mol. The molecule has 0 aromatic heterocycles. The summed E-state index contributed by atoms with van der Waals surface area (Å²) in [5.41, 5.74) is 2.16. The fourth-order valence-corrected chi connectivity index (χ4v) is 4.45. The Morgan fingerprint density at radius 3 is 2.63 bits per heavy atom. The quantitative estimate of drug-likeness (QED) is 0.670. The molecule has 0 saturated heterocycles. The molecular weight excluding hydrogens is 238 g/mol. The van der Waals surface area contributed by atoms with Gasteiger partial charge >= 0.3 is 0 Å². The lowest BCUT2D eigenvalue weighted by molar-refractivity contribution is -0.127. The maximum Gasteiger partial charge on any atom is 0.258 e. The predicted octanol–water partition coefficient (Wildman–Crippen LogP) is 1.89. The van der Waals surface area contributed by atoms with E-state index in [-0.39, 0.29) is 17.2 Å². The number of imide groups is 1. The van der Waals surface area contributed by atoms with E-state index < -0.39 is 0 Å². The number of amides is 2. The first-order valence-electron chi connectivity index (χ1n) is 6.76. The van der Waals surface area contributed by atoms with Gasteiger partial charge in [-0.05, 0) is 29.4 Å². The maximum atomic E-state index is 12.1. The first-order chi connectivity index (χ1) is 9.07. The minimum absolute atomic E-state index is 0.138. The van der Waals surface area contributed by atoms with Crippen molar-refractivity contribution in [2.45, 2.75) is 13.8 Å². The Balaban J connectivity index is 2.07. The number of carbonyl (C=O) groups excluding carboxylic acids is 2. The number of carbonyl (C=O) groups is 2. The molecule has 3 nitrogen and oxygen atoms in total. The van der Waals surface area contributed by atoms with E-state index in [1.54, 1.807) is 0 Å². The van der Waals surface area contributed by atoms with Crippen molar-refractivity contribution in [3.05, 3.63) is 47.1 Å². The molecule has 0 aromatic carbocycles. The summed E-state index contributed by atoms with van der Waals surface area (Å²) < 4.78 is 0. The molecule has 0 aromatic rings. The van der Waals surface area contributed by atoms with Crippen molar-refractivity contribution in [3.63, 3.8) is 0 Å². The lowest BCUT2D eigenvalue weighted by Gasteiger charge is -2.59. The Labute approximate surface area is 111 Å². The van der Waals surface area contributed by atoms with E-state index in [1.165, 1.54) is 0 Å². The van der Waals surface area contributed by atoms with Crippen LogP contribution >= 0.6 is 0 Å². The van der Waals surface area contributed by atoms with Gasteiger partial charge in [0.25, 0.3) is 11.8 Å². The fraction of sp³-hybridized carbons (Fsp3) is 0.375. The van der Waals surface area contributed by atoms with Crippen LogP contribution < -0.4 is 5.32 Å². The predicted molar refractivity (Wildman–Crippen MR) is 70.8 cm³/mol. The largest absolute Gasteiger partial charge is 0.288 e. The van der Waals surface area contributed by atoms with E-state index in [2.05, 4.69) is 31.3 Å². The number of allylic oxidation sites excluding steroid dienone is 4. The van der Waals surface area contributed by atoms with E-state index in [4.69, 9.17) is 0 Å². The topological polar surface area (TPSA) is 46.2 Å². The molecule has 96 valence electrons. The Bertz CT molecular complexity index is 638. The SMILES string of the molecule is CC1C2C=CC3=C4C(=CC=CC41C2C)C(=O)NC3=O. The maximum absolute atomic E-state index is 12.1. The smallest absolute Gasteiger partial charge is 0.258 e. The van der Waals surface area contributed by atoms with E-state index >= 15 is 0 Å². The van der Waals surface area contributed by atoms with Gasteiger partial charge in [-0.25, -0.2) is 0 Å². The van der Waals surface area contributed by atoms with Crippen LogP contribution in [0.3, 0.4) is 0 Å². The molecule has 2 bridgehead atoms. The van der Waals surface area contributed by atoms with Crippen LogP contribution in [-0.4, -0.2) is 11.8 Å². The Kier molecular flexibility index (Phi) is 1.82. The Hall–Kier alpha value is -1.90. The summed E-state index contributed by atoms with van der Waals surface area (Å²) in [4.78, 5) is 24.2. The molecule has 5 rings (SSSR count). The average Bonchev–Trinajstić information content (AvgIpc) is 2.63. The standard InChI is InChI=1S/C16H15NO2/c1-8-10-5-6-12-13-11(14(18)17-15(12)19)4-3-7-16(8,13)9(10)2/h3-10H,1-2H3,(H,17,18,19). The van der Waals surface area contributed by atoms with E-state index in [9.17, 15) is 9.59 Å². The van der Waals surface area contributed by atoms with Crippen LogP contribution in [0.1, 0.15) is 13.8 Å². The molecule has 2 atom stereocenters. The number of hydrogen-bond acceptors (Lipinski definition) is 2. The van der Waals surface area contributed by atoms with Crippen molar-refractivity contribution >= 4 is 11.8 Å². The molecule has 19 heavy (non-hydrogen) atoms. The van der Waals surface area contributed by atoms with Crippen LogP contribution in [0, 0.1) is 23.2 Å². The second-order valence-electron chi connectivity index (χ2n) is 5.96. The van der Waals surface area contributed by atoms with Gasteiger partial charge in [0.2, 0.25) is 0 Å². The number of nitrogens with one attached hydrogen (secondary N) is 1. The third-order valence-electron chi connectivity index (χ3n) is 5.47. The zero-order valence-corrected chi connectivity index (χ0v) is 10.9. The summed E-state index contributed by atoms with van der Waals surface area (Å²) >= 11 is 0. The van der Waals surface area contributed by atoms with Gasteiger partial charge < -0.3 is 0 Å². The van der Waals surface area contributed by atoms with Crippen molar-refractivity contribution in [2.75, 3.05) is 0 Å². The number of rotatable bonds is 0. The molecule has 1 spiro atoms. The van der Waals surface area contributed by atoms with Gasteiger partial charge in [0.15, 0.2) is 0 Å². The third kappa shape index (κ3) is 1.02. The highest BCUT2D eigenvalue weighted by molar-refractivity contribution is 6.18. The molecule has 0 radical (unpaired) electrons. The van der Waals surface area contributed by atoms with Crippen molar-refractivity contribution in [2.24, 2.45) is 23.2 Å². The van der Waals surface area contributed by atoms with Crippen LogP contribution in [0.2, 0.25) is 0 Å². The van der Waals surface area contributed by atoms with Gasteiger partial charge in [0.1, 0.15) is 0 Å². The zero-order valence-electron chi connectivity index (χ0n) is 10.9. The Morgan fingerprint density at radius 1 is 1.16 bits per heavy atom. The van der Waals surface area contributed by atoms with Gasteiger partial charge in [-0.1, -0.05) is 38.2 Å². The van der Waals surface area contributed by atoms with Gasteiger partial charge in [-0.15, -0.1) is 0 Å². The van der Waals surface area contributed by atoms with E-state index in [0.717, 1.165) is 5.57 Å². The lowest BCUT2D eigenvalue weighted by Crippen LogP contribution is -2.56. The molecular formula is C16H15NO2. The van der Waals surface area contributed by atoms with Crippen molar-refractivity contribution < 1.29 is 9.59 Å². The molecule has 1 saturated carbocycles. The van der Waals surface area contributed by atoms with E-state index in [0.29, 0.717) is 28.9 Å². The van der Waals surface area contributed by atoms with Crippen LogP contribution in [0.15, 0.2) is 47.1 Å².